The Morgan fingerprint density at radius 1 is 1.30 bits per heavy atom. The molecule has 1 amide bonds. The lowest BCUT2D eigenvalue weighted by atomic mass is 10.2. The van der Waals surface area contributed by atoms with Gasteiger partial charge in [0, 0.05) is 42.8 Å². The molecular weight excluding hydrogens is 422 g/mol. The van der Waals surface area contributed by atoms with Gasteiger partial charge in [0.2, 0.25) is 5.95 Å². The van der Waals surface area contributed by atoms with Crippen LogP contribution in [0.5, 0.6) is 0 Å². The average molecular weight is 450 g/mol. The van der Waals surface area contributed by atoms with E-state index in [0.717, 1.165) is 54.5 Å². The summed E-state index contributed by atoms with van der Waals surface area (Å²) < 4.78 is 1.63. The third-order valence-corrected chi connectivity index (χ3v) is 7.46. The topological polar surface area (TPSA) is 138 Å². The second kappa shape index (κ2) is 7.62. The first-order valence-corrected chi connectivity index (χ1v) is 11.4. The summed E-state index contributed by atoms with van der Waals surface area (Å²) in [5, 5.41) is 27.9. The number of carbonyl (C=O) groups excluding carboxylic acids is 1. The van der Waals surface area contributed by atoms with Gasteiger partial charge in [-0.05, 0) is 50.0 Å². The van der Waals surface area contributed by atoms with E-state index in [1.807, 2.05) is 20.0 Å². The molecule has 0 aromatic carbocycles. The van der Waals surface area contributed by atoms with Crippen LogP contribution in [0.2, 0.25) is 0 Å². The molecule has 0 bridgehead atoms. The van der Waals surface area contributed by atoms with Crippen molar-refractivity contribution in [2.24, 2.45) is 17.8 Å². The molecule has 6 rings (SSSR count). The Hall–Kier alpha value is -3.34. The van der Waals surface area contributed by atoms with Crippen LogP contribution in [-0.2, 0) is 13.0 Å². The van der Waals surface area contributed by atoms with Crippen LogP contribution in [0.15, 0.2) is 12.4 Å². The summed E-state index contributed by atoms with van der Waals surface area (Å²) in [5.74, 6) is 2.09. The number of aryl methyl sites for hydroxylation is 2. The molecule has 4 heterocycles. The zero-order chi connectivity index (χ0) is 22.7. The van der Waals surface area contributed by atoms with Crippen LogP contribution in [-0.4, -0.2) is 65.9 Å². The Morgan fingerprint density at radius 2 is 2.12 bits per heavy atom. The molecule has 3 aromatic heterocycles. The number of hydrogen-bond acceptors (Lipinski definition) is 8. The minimum atomic E-state index is -0.253. The van der Waals surface area contributed by atoms with Gasteiger partial charge in [0.1, 0.15) is 0 Å². The molecule has 2 aliphatic carbocycles. The van der Waals surface area contributed by atoms with Crippen molar-refractivity contribution in [1.82, 2.24) is 40.5 Å². The van der Waals surface area contributed by atoms with Gasteiger partial charge >= 0.3 is 0 Å². The minimum absolute atomic E-state index is 0.102. The van der Waals surface area contributed by atoms with Gasteiger partial charge in [-0.1, -0.05) is 5.21 Å². The molecule has 1 aliphatic heterocycles. The minimum Gasteiger partial charge on any atom is -0.396 e. The molecule has 172 valence electrons. The third-order valence-electron chi connectivity index (χ3n) is 7.46. The molecule has 3 aliphatic rings. The molecule has 3 aromatic rings. The average Bonchev–Trinajstić information content (AvgIpc) is 3.36. The van der Waals surface area contributed by atoms with Crippen molar-refractivity contribution >= 4 is 11.9 Å². The largest absolute Gasteiger partial charge is 0.396 e. The highest BCUT2D eigenvalue weighted by molar-refractivity contribution is 5.92. The SMILES string of the molecule is Cc1nc(N2C[C@@H]3C(CO)[C@@H]3C2)ncc1Cn1cc(C(=O)N[C@@H]2CCc3c2n[nH]c3C)nn1. The predicted molar refractivity (Wildman–Crippen MR) is 118 cm³/mol. The lowest BCUT2D eigenvalue weighted by Crippen LogP contribution is -2.27. The van der Waals surface area contributed by atoms with Gasteiger partial charge in [0.05, 0.1) is 24.5 Å². The summed E-state index contributed by atoms with van der Waals surface area (Å²) in [6.07, 6.45) is 5.23. The van der Waals surface area contributed by atoms with Gasteiger partial charge in [0.25, 0.3) is 5.91 Å². The molecule has 11 nitrogen and oxygen atoms in total. The van der Waals surface area contributed by atoms with E-state index in [4.69, 9.17) is 4.98 Å². The quantitative estimate of drug-likeness (QED) is 0.496. The van der Waals surface area contributed by atoms with Crippen molar-refractivity contribution in [1.29, 1.82) is 0 Å². The lowest BCUT2D eigenvalue weighted by molar-refractivity contribution is 0.0930. The zero-order valence-corrected chi connectivity index (χ0v) is 18.7. The van der Waals surface area contributed by atoms with Crippen molar-refractivity contribution in [2.75, 3.05) is 24.6 Å². The molecule has 33 heavy (non-hydrogen) atoms. The van der Waals surface area contributed by atoms with E-state index in [2.05, 4.69) is 35.7 Å². The number of aromatic amines is 1. The van der Waals surface area contributed by atoms with E-state index in [1.54, 1.807) is 10.9 Å². The number of anilines is 1. The van der Waals surface area contributed by atoms with Crippen LogP contribution in [0.25, 0.3) is 0 Å². The van der Waals surface area contributed by atoms with Gasteiger partial charge < -0.3 is 15.3 Å². The van der Waals surface area contributed by atoms with E-state index < -0.39 is 0 Å². The Morgan fingerprint density at radius 3 is 2.88 bits per heavy atom. The Balaban J connectivity index is 1.09. The predicted octanol–water partition coefficient (Wildman–Crippen LogP) is 0.548. The fourth-order valence-corrected chi connectivity index (χ4v) is 5.40. The highest BCUT2D eigenvalue weighted by Gasteiger charge is 2.55. The number of amides is 1. The molecule has 1 saturated carbocycles. The molecule has 2 fully saturated rings. The number of carbonyl (C=O) groups is 1. The summed E-state index contributed by atoms with van der Waals surface area (Å²) >= 11 is 0. The fourth-order valence-electron chi connectivity index (χ4n) is 5.40. The lowest BCUT2D eigenvalue weighted by Gasteiger charge is -2.20. The third kappa shape index (κ3) is 3.47. The molecule has 4 atom stereocenters. The van der Waals surface area contributed by atoms with E-state index in [1.165, 1.54) is 5.56 Å². The highest BCUT2D eigenvalue weighted by atomic mass is 16.3. The van der Waals surface area contributed by atoms with E-state index in [0.29, 0.717) is 24.3 Å². The van der Waals surface area contributed by atoms with Crippen molar-refractivity contribution in [3.05, 3.63) is 46.3 Å². The van der Waals surface area contributed by atoms with Crippen molar-refractivity contribution in [3.8, 4) is 0 Å². The first-order valence-electron chi connectivity index (χ1n) is 11.4. The summed E-state index contributed by atoms with van der Waals surface area (Å²) in [5.41, 5.74) is 5.27. The molecule has 0 spiro atoms. The number of hydrogen-bond donors (Lipinski definition) is 3. The number of fused-ring (bicyclic) bond motifs is 2. The second-order valence-corrected chi connectivity index (χ2v) is 9.44. The van der Waals surface area contributed by atoms with Crippen LogP contribution in [0, 0.1) is 31.6 Å². The number of rotatable bonds is 6. The second-order valence-electron chi connectivity index (χ2n) is 9.44. The van der Waals surface area contributed by atoms with Crippen molar-refractivity contribution < 1.29 is 9.90 Å². The van der Waals surface area contributed by atoms with E-state index in [-0.39, 0.29) is 24.2 Å². The first-order chi connectivity index (χ1) is 16.0. The molecule has 0 radical (unpaired) electrons. The number of H-pyrrole nitrogens is 1. The maximum Gasteiger partial charge on any atom is 0.274 e. The van der Waals surface area contributed by atoms with Gasteiger partial charge in [-0.3, -0.25) is 9.89 Å². The van der Waals surface area contributed by atoms with Crippen molar-refractivity contribution in [2.45, 2.75) is 39.3 Å². The van der Waals surface area contributed by atoms with E-state index >= 15 is 0 Å². The maximum absolute atomic E-state index is 12.7. The van der Waals surface area contributed by atoms with Crippen LogP contribution >= 0.6 is 0 Å². The fraction of sp³-hybridized carbons (Fsp3) is 0.545. The number of aromatic nitrogens is 7. The molecular formula is C22H27N9O2. The summed E-state index contributed by atoms with van der Waals surface area (Å²) in [7, 11) is 0. The van der Waals surface area contributed by atoms with Gasteiger partial charge in [0.15, 0.2) is 5.69 Å². The number of nitrogens with one attached hydrogen (secondary N) is 2. The highest BCUT2D eigenvalue weighted by Crippen LogP contribution is 2.51. The summed E-state index contributed by atoms with van der Waals surface area (Å²) in [6.45, 7) is 6.51. The number of aliphatic hydroxyl groups is 1. The van der Waals surface area contributed by atoms with Crippen LogP contribution in [0.3, 0.4) is 0 Å². The van der Waals surface area contributed by atoms with Gasteiger partial charge in [-0.2, -0.15) is 5.10 Å². The Bertz CT molecular complexity index is 1210. The number of piperidine rings is 1. The smallest absolute Gasteiger partial charge is 0.274 e. The summed E-state index contributed by atoms with van der Waals surface area (Å²) in [4.78, 5) is 24.2. The molecule has 3 N–H and O–H groups in total. The normalized spacial score (nSPS) is 25.2. The summed E-state index contributed by atoms with van der Waals surface area (Å²) in [6, 6.07) is -0.102. The van der Waals surface area contributed by atoms with Crippen LogP contribution in [0.1, 0.15) is 51.2 Å². The molecule has 1 saturated heterocycles. The molecule has 11 heteroatoms. The van der Waals surface area contributed by atoms with Crippen LogP contribution < -0.4 is 10.2 Å². The van der Waals surface area contributed by atoms with Gasteiger partial charge in [-0.25, -0.2) is 14.6 Å². The monoisotopic (exact) mass is 449 g/mol. The first kappa shape index (κ1) is 20.3. The Kier molecular flexibility index (Phi) is 4.68. The maximum atomic E-state index is 12.7. The van der Waals surface area contributed by atoms with Crippen molar-refractivity contribution in [3.63, 3.8) is 0 Å². The van der Waals surface area contributed by atoms with Gasteiger partial charge in [-0.15, -0.1) is 5.10 Å². The number of aliphatic hydroxyl groups excluding tert-OH is 1. The zero-order valence-electron chi connectivity index (χ0n) is 18.7. The number of nitrogens with zero attached hydrogens (tertiary/aromatic N) is 7. The standard InChI is InChI=1S/C22H27N9O2/c1-11-13(5-23-22(24-11)30-7-15-16(8-30)17(15)10-32)6-31-9-19(27-29-31)21(33)25-18-4-3-14-12(2)26-28-20(14)18/h5,9,15-18,32H,3-4,6-8,10H2,1-2H3,(H,25,33)(H,26,28)/t15-,16+,17?,18-/m1/s1. The van der Waals surface area contributed by atoms with Crippen LogP contribution in [0.4, 0.5) is 5.95 Å². The van der Waals surface area contributed by atoms with E-state index in [9.17, 15) is 9.90 Å². The molecule has 1 unspecified atom stereocenters. The Labute approximate surface area is 190 Å².